The van der Waals surface area contributed by atoms with Crippen LogP contribution in [-0.4, -0.2) is 27.6 Å². The number of rotatable bonds is 4. The first kappa shape index (κ1) is 16.1. The van der Waals surface area contributed by atoms with Crippen molar-refractivity contribution in [2.75, 3.05) is 14.2 Å². The lowest BCUT2D eigenvalue weighted by molar-refractivity contribution is 0.355. The minimum absolute atomic E-state index is 0.0651. The molecule has 3 rings (SSSR count). The number of sulfone groups is 1. The molecule has 0 spiro atoms. The van der Waals surface area contributed by atoms with Gasteiger partial charge in [-0.15, -0.1) is 0 Å². The Kier molecular flexibility index (Phi) is 4.02. The van der Waals surface area contributed by atoms with E-state index in [1.54, 1.807) is 24.3 Å². The third-order valence-electron chi connectivity index (χ3n) is 3.69. The number of hydrogen-bond acceptors (Lipinski definition) is 5. The fourth-order valence-electron chi connectivity index (χ4n) is 2.45. The zero-order valence-electron chi connectivity index (χ0n) is 13.1. The number of benzene rings is 2. The van der Waals surface area contributed by atoms with E-state index in [9.17, 15) is 13.2 Å². The molecule has 0 aliphatic rings. The first-order valence-electron chi connectivity index (χ1n) is 7.06. The summed E-state index contributed by atoms with van der Waals surface area (Å²) in [4.78, 5) is 15.3. The maximum absolute atomic E-state index is 12.7. The van der Waals surface area contributed by atoms with Crippen molar-refractivity contribution >= 4 is 20.7 Å². The Morgan fingerprint density at radius 1 is 0.958 bits per heavy atom. The fraction of sp³-hybridized carbons (Fsp3) is 0.118. The molecule has 0 radical (unpaired) electrons. The van der Waals surface area contributed by atoms with E-state index < -0.39 is 15.3 Å². The summed E-state index contributed by atoms with van der Waals surface area (Å²) in [6, 6.07) is 10.9. The Morgan fingerprint density at radius 3 is 2.21 bits per heavy atom. The molecule has 0 unspecified atom stereocenters. The molecule has 7 heteroatoms. The van der Waals surface area contributed by atoms with Crippen LogP contribution < -0.4 is 14.9 Å². The number of H-pyrrole nitrogens is 1. The first-order chi connectivity index (χ1) is 11.5. The Balaban J connectivity index is 2.28. The van der Waals surface area contributed by atoms with Gasteiger partial charge in [0.1, 0.15) is 4.90 Å². The topological polar surface area (TPSA) is 85.5 Å². The SMILES string of the molecule is COc1cc2[nH]cc(S(=O)(=O)c3ccccc3)c(=O)c2cc1OC. The summed E-state index contributed by atoms with van der Waals surface area (Å²) in [5.74, 6) is 0.795. The summed E-state index contributed by atoms with van der Waals surface area (Å²) >= 11 is 0. The monoisotopic (exact) mass is 345 g/mol. The highest BCUT2D eigenvalue weighted by Gasteiger charge is 2.23. The molecule has 0 saturated carbocycles. The molecule has 0 atom stereocenters. The summed E-state index contributed by atoms with van der Waals surface area (Å²) in [7, 11) is -0.983. The molecule has 124 valence electrons. The number of ether oxygens (including phenoxy) is 2. The predicted octanol–water partition coefficient (Wildman–Crippen LogP) is 2.38. The van der Waals surface area contributed by atoms with Crippen LogP contribution in [0.2, 0.25) is 0 Å². The van der Waals surface area contributed by atoms with Crippen molar-refractivity contribution in [3.63, 3.8) is 0 Å². The molecule has 0 amide bonds. The quantitative estimate of drug-likeness (QED) is 0.785. The number of pyridine rings is 1. The number of aromatic amines is 1. The lowest BCUT2D eigenvalue weighted by atomic mass is 10.2. The van der Waals surface area contributed by atoms with Crippen LogP contribution in [0.3, 0.4) is 0 Å². The Bertz CT molecular complexity index is 1060. The first-order valence-corrected chi connectivity index (χ1v) is 8.55. The molecule has 3 aromatic rings. The minimum atomic E-state index is -3.91. The van der Waals surface area contributed by atoms with Crippen molar-refractivity contribution in [2.24, 2.45) is 0 Å². The molecular weight excluding hydrogens is 330 g/mol. The van der Waals surface area contributed by atoms with Gasteiger partial charge < -0.3 is 14.5 Å². The van der Waals surface area contributed by atoms with Crippen molar-refractivity contribution in [2.45, 2.75) is 9.79 Å². The third kappa shape index (κ3) is 2.52. The van der Waals surface area contributed by atoms with Crippen molar-refractivity contribution in [3.05, 3.63) is 58.9 Å². The van der Waals surface area contributed by atoms with Crippen LogP contribution in [0, 0.1) is 0 Å². The van der Waals surface area contributed by atoms with E-state index in [-0.39, 0.29) is 15.2 Å². The van der Waals surface area contributed by atoms with Crippen LogP contribution in [0.5, 0.6) is 11.5 Å². The molecule has 0 fully saturated rings. The Hall–Kier alpha value is -2.80. The fourth-order valence-corrected chi connectivity index (χ4v) is 3.79. The summed E-state index contributed by atoms with van der Waals surface area (Å²) in [5.41, 5.74) is -0.127. The summed E-state index contributed by atoms with van der Waals surface area (Å²) < 4.78 is 35.8. The normalized spacial score (nSPS) is 11.4. The highest BCUT2D eigenvalue weighted by molar-refractivity contribution is 7.91. The zero-order valence-corrected chi connectivity index (χ0v) is 13.9. The van der Waals surface area contributed by atoms with Crippen LogP contribution >= 0.6 is 0 Å². The number of methoxy groups -OCH3 is 2. The van der Waals surface area contributed by atoms with E-state index >= 15 is 0 Å². The van der Waals surface area contributed by atoms with Gasteiger partial charge in [-0.1, -0.05) is 18.2 Å². The number of nitrogens with one attached hydrogen (secondary N) is 1. The highest BCUT2D eigenvalue weighted by atomic mass is 32.2. The highest BCUT2D eigenvalue weighted by Crippen LogP contribution is 2.30. The maximum Gasteiger partial charge on any atom is 0.211 e. The molecule has 2 aromatic carbocycles. The van der Waals surface area contributed by atoms with Gasteiger partial charge in [-0.2, -0.15) is 0 Å². The smallest absolute Gasteiger partial charge is 0.211 e. The van der Waals surface area contributed by atoms with E-state index in [1.807, 2.05) is 0 Å². The van der Waals surface area contributed by atoms with Crippen molar-refractivity contribution in [1.29, 1.82) is 0 Å². The number of aromatic nitrogens is 1. The van der Waals surface area contributed by atoms with E-state index in [1.165, 1.54) is 38.6 Å². The molecule has 0 aliphatic heterocycles. The average Bonchev–Trinajstić information content (AvgIpc) is 2.61. The zero-order chi connectivity index (χ0) is 17.3. The Labute approximate surface area is 138 Å². The maximum atomic E-state index is 12.7. The van der Waals surface area contributed by atoms with Gasteiger partial charge in [0, 0.05) is 12.3 Å². The van der Waals surface area contributed by atoms with E-state index in [2.05, 4.69) is 4.98 Å². The molecule has 0 bridgehead atoms. The van der Waals surface area contributed by atoms with Gasteiger partial charge in [0.2, 0.25) is 15.3 Å². The summed E-state index contributed by atoms with van der Waals surface area (Å²) in [5, 5.41) is 0.213. The van der Waals surface area contributed by atoms with Gasteiger partial charge in [-0.05, 0) is 18.2 Å². The summed E-state index contributed by atoms with van der Waals surface area (Å²) in [6.45, 7) is 0. The lowest BCUT2D eigenvalue weighted by Gasteiger charge is -2.10. The van der Waals surface area contributed by atoms with Crippen molar-refractivity contribution in [3.8, 4) is 11.5 Å². The van der Waals surface area contributed by atoms with Crippen molar-refractivity contribution < 1.29 is 17.9 Å². The number of hydrogen-bond donors (Lipinski definition) is 1. The third-order valence-corrected chi connectivity index (χ3v) is 5.47. The van der Waals surface area contributed by atoms with Gasteiger partial charge >= 0.3 is 0 Å². The van der Waals surface area contributed by atoms with Crippen LogP contribution in [0.4, 0.5) is 0 Å². The predicted molar refractivity (Wildman–Crippen MR) is 89.6 cm³/mol. The number of fused-ring (bicyclic) bond motifs is 1. The molecule has 6 nitrogen and oxygen atoms in total. The molecule has 0 aliphatic carbocycles. The second-order valence-corrected chi connectivity index (χ2v) is 6.97. The lowest BCUT2D eigenvalue weighted by Crippen LogP contribution is -2.16. The molecule has 1 heterocycles. The second-order valence-electron chi connectivity index (χ2n) is 5.05. The van der Waals surface area contributed by atoms with Crippen LogP contribution in [-0.2, 0) is 9.84 Å². The average molecular weight is 345 g/mol. The van der Waals surface area contributed by atoms with Crippen molar-refractivity contribution in [1.82, 2.24) is 4.98 Å². The van der Waals surface area contributed by atoms with E-state index in [0.717, 1.165) is 0 Å². The Morgan fingerprint density at radius 2 is 1.58 bits per heavy atom. The van der Waals surface area contributed by atoms with Gasteiger partial charge in [0.05, 0.1) is 30.0 Å². The van der Waals surface area contributed by atoms with Crippen LogP contribution in [0.15, 0.2) is 63.2 Å². The van der Waals surface area contributed by atoms with Crippen LogP contribution in [0.25, 0.3) is 10.9 Å². The van der Waals surface area contributed by atoms with Gasteiger partial charge in [-0.25, -0.2) is 8.42 Å². The van der Waals surface area contributed by atoms with E-state index in [0.29, 0.717) is 17.0 Å². The van der Waals surface area contributed by atoms with Gasteiger partial charge in [-0.3, -0.25) is 4.79 Å². The largest absolute Gasteiger partial charge is 0.493 e. The second kappa shape index (κ2) is 6.01. The molecule has 1 N–H and O–H groups in total. The molecule has 1 aromatic heterocycles. The standard InChI is InChI=1S/C17H15NO5S/c1-22-14-8-12-13(9-15(14)23-2)18-10-16(17(12)19)24(20,21)11-6-4-3-5-7-11/h3-10H,1-2H3,(H,18,19). The minimum Gasteiger partial charge on any atom is -0.493 e. The summed E-state index contributed by atoms with van der Waals surface area (Å²) in [6.07, 6.45) is 1.21. The van der Waals surface area contributed by atoms with Crippen LogP contribution in [0.1, 0.15) is 0 Å². The molecular formula is C17H15NO5S. The van der Waals surface area contributed by atoms with Gasteiger partial charge in [0.15, 0.2) is 11.5 Å². The molecule has 0 saturated heterocycles. The van der Waals surface area contributed by atoms with E-state index in [4.69, 9.17) is 9.47 Å². The van der Waals surface area contributed by atoms with Gasteiger partial charge in [0.25, 0.3) is 0 Å². The molecule has 24 heavy (non-hydrogen) atoms.